The fourth-order valence-electron chi connectivity index (χ4n) is 1.60. The summed E-state index contributed by atoms with van der Waals surface area (Å²) in [6.07, 6.45) is -0.347. The predicted molar refractivity (Wildman–Crippen MR) is 70.9 cm³/mol. The van der Waals surface area contributed by atoms with Gasteiger partial charge in [-0.15, -0.1) is 11.8 Å². The van der Waals surface area contributed by atoms with Gasteiger partial charge in [-0.2, -0.15) is 5.26 Å². The number of fused-ring (bicyclic) bond motifs is 1. The van der Waals surface area contributed by atoms with Crippen molar-refractivity contribution in [3.8, 4) is 6.07 Å². The molecule has 0 radical (unpaired) electrons. The second-order valence-corrected chi connectivity index (χ2v) is 5.17. The molecule has 6 heteroatoms. The molecule has 0 bridgehead atoms. The number of thioether (sulfide) groups is 1. The van der Waals surface area contributed by atoms with Crippen LogP contribution in [0.3, 0.4) is 0 Å². The number of carbonyl (C=O) groups excluding carboxylic acids is 2. The van der Waals surface area contributed by atoms with Gasteiger partial charge in [-0.1, -0.05) is 0 Å². The van der Waals surface area contributed by atoms with Crippen molar-refractivity contribution < 1.29 is 14.3 Å². The zero-order chi connectivity index (χ0) is 13.8. The third-order valence-corrected chi connectivity index (χ3v) is 3.62. The van der Waals surface area contributed by atoms with E-state index >= 15 is 0 Å². The van der Waals surface area contributed by atoms with Crippen molar-refractivity contribution in [3.63, 3.8) is 0 Å². The van der Waals surface area contributed by atoms with Crippen molar-refractivity contribution in [3.05, 3.63) is 23.8 Å². The summed E-state index contributed by atoms with van der Waals surface area (Å²) in [7, 11) is 0. The van der Waals surface area contributed by atoms with Crippen LogP contribution in [-0.2, 0) is 9.53 Å². The average molecular weight is 276 g/mol. The van der Waals surface area contributed by atoms with E-state index in [9.17, 15) is 9.59 Å². The molecule has 0 saturated heterocycles. The summed E-state index contributed by atoms with van der Waals surface area (Å²) in [6.45, 7) is 1.50. The molecule has 5 nitrogen and oxygen atoms in total. The standard InChI is InChI=1S/C13H12N2O3S/c1-8(7-14)18-13(17)9-2-3-11-10(6-9)15-12(16)4-5-19-11/h2-3,6,8H,4-5H2,1H3,(H,15,16)/t8-/m0/s1. The Hall–Kier alpha value is -2.00. The number of nitrogens with one attached hydrogen (secondary N) is 1. The van der Waals surface area contributed by atoms with Crippen LogP contribution in [0.25, 0.3) is 0 Å². The third kappa shape index (κ3) is 3.26. The minimum Gasteiger partial charge on any atom is -0.444 e. The van der Waals surface area contributed by atoms with Gasteiger partial charge in [0.05, 0.1) is 11.3 Å². The van der Waals surface area contributed by atoms with E-state index in [1.165, 1.54) is 6.92 Å². The average Bonchev–Trinajstić information content (AvgIpc) is 2.58. The molecule has 0 unspecified atom stereocenters. The minimum atomic E-state index is -0.796. The molecular formula is C13H12N2O3S. The number of ether oxygens (including phenoxy) is 1. The lowest BCUT2D eigenvalue weighted by Crippen LogP contribution is -2.14. The van der Waals surface area contributed by atoms with Crippen molar-refractivity contribution >= 4 is 29.3 Å². The first-order valence-electron chi connectivity index (χ1n) is 5.77. The Balaban J connectivity index is 2.23. The first-order valence-corrected chi connectivity index (χ1v) is 6.76. The molecule has 1 atom stereocenters. The fraction of sp³-hybridized carbons (Fsp3) is 0.308. The number of carbonyl (C=O) groups is 2. The Kier molecular flexibility index (Phi) is 4.07. The van der Waals surface area contributed by atoms with Crippen molar-refractivity contribution in [1.29, 1.82) is 5.26 Å². The van der Waals surface area contributed by atoms with E-state index in [1.54, 1.807) is 30.0 Å². The number of esters is 1. The highest BCUT2D eigenvalue weighted by Gasteiger charge is 2.17. The number of hydrogen-bond donors (Lipinski definition) is 1. The van der Waals surface area contributed by atoms with Crippen molar-refractivity contribution in [1.82, 2.24) is 0 Å². The second kappa shape index (κ2) is 5.76. The Bertz CT molecular complexity index is 565. The van der Waals surface area contributed by atoms with E-state index < -0.39 is 12.1 Å². The number of nitriles is 1. The highest BCUT2D eigenvalue weighted by atomic mass is 32.2. The van der Waals surface area contributed by atoms with Crippen LogP contribution in [0.15, 0.2) is 23.1 Å². The lowest BCUT2D eigenvalue weighted by Gasteiger charge is -2.09. The fourth-order valence-corrected chi connectivity index (χ4v) is 2.54. The highest BCUT2D eigenvalue weighted by molar-refractivity contribution is 7.99. The van der Waals surface area contributed by atoms with Gasteiger partial charge in [0.2, 0.25) is 5.91 Å². The molecule has 2 rings (SSSR count). The molecule has 0 aromatic heterocycles. The van der Waals surface area contributed by atoms with Gasteiger partial charge < -0.3 is 10.1 Å². The monoisotopic (exact) mass is 276 g/mol. The summed E-state index contributed by atoms with van der Waals surface area (Å²) in [4.78, 5) is 24.2. The first kappa shape index (κ1) is 13.4. The van der Waals surface area contributed by atoms with Crippen LogP contribution in [0.4, 0.5) is 5.69 Å². The zero-order valence-corrected chi connectivity index (χ0v) is 11.1. The number of benzene rings is 1. The quantitative estimate of drug-likeness (QED) is 0.838. The first-order chi connectivity index (χ1) is 9.10. The Morgan fingerprint density at radius 3 is 3.11 bits per heavy atom. The summed E-state index contributed by atoms with van der Waals surface area (Å²) >= 11 is 1.56. The molecule has 1 aliphatic heterocycles. The Labute approximate surface area is 114 Å². The molecule has 0 fully saturated rings. The van der Waals surface area contributed by atoms with Crippen LogP contribution in [0, 0.1) is 11.3 Å². The van der Waals surface area contributed by atoms with Crippen LogP contribution < -0.4 is 5.32 Å². The van der Waals surface area contributed by atoms with E-state index in [0.29, 0.717) is 23.4 Å². The molecule has 0 aliphatic carbocycles. The van der Waals surface area contributed by atoms with E-state index in [2.05, 4.69) is 5.32 Å². The predicted octanol–water partition coefficient (Wildman–Crippen LogP) is 2.19. The van der Waals surface area contributed by atoms with Gasteiger partial charge in [-0.05, 0) is 25.1 Å². The van der Waals surface area contributed by atoms with Gasteiger partial charge in [0, 0.05) is 17.1 Å². The third-order valence-electron chi connectivity index (χ3n) is 2.54. The number of rotatable bonds is 2. The maximum atomic E-state index is 11.8. The summed E-state index contributed by atoms with van der Waals surface area (Å²) < 4.78 is 4.92. The molecule has 0 spiro atoms. The van der Waals surface area contributed by atoms with E-state index in [1.807, 2.05) is 6.07 Å². The van der Waals surface area contributed by atoms with E-state index in [-0.39, 0.29) is 5.91 Å². The van der Waals surface area contributed by atoms with Gasteiger partial charge in [-0.25, -0.2) is 4.79 Å². The second-order valence-electron chi connectivity index (χ2n) is 4.03. The summed E-state index contributed by atoms with van der Waals surface area (Å²) in [6, 6.07) is 6.82. The van der Waals surface area contributed by atoms with Gasteiger partial charge in [-0.3, -0.25) is 4.79 Å². The van der Waals surface area contributed by atoms with Crippen molar-refractivity contribution in [2.24, 2.45) is 0 Å². The van der Waals surface area contributed by atoms with E-state index in [4.69, 9.17) is 10.00 Å². The van der Waals surface area contributed by atoms with Gasteiger partial charge in [0.1, 0.15) is 6.07 Å². The van der Waals surface area contributed by atoms with Gasteiger partial charge in [0.15, 0.2) is 6.10 Å². The summed E-state index contributed by atoms with van der Waals surface area (Å²) in [5.41, 5.74) is 0.940. The SMILES string of the molecule is C[C@@H](C#N)OC(=O)c1ccc2c(c1)NC(=O)CCS2. The maximum absolute atomic E-state index is 11.8. The van der Waals surface area contributed by atoms with Crippen LogP contribution in [0.5, 0.6) is 0 Å². The lowest BCUT2D eigenvalue weighted by molar-refractivity contribution is -0.115. The number of amides is 1. The van der Waals surface area contributed by atoms with Crippen LogP contribution in [0.1, 0.15) is 23.7 Å². The van der Waals surface area contributed by atoms with Crippen molar-refractivity contribution in [2.75, 3.05) is 11.1 Å². The smallest absolute Gasteiger partial charge is 0.339 e. The molecule has 1 aromatic rings. The largest absolute Gasteiger partial charge is 0.444 e. The Morgan fingerprint density at radius 2 is 2.37 bits per heavy atom. The normalized spacial score (nSPS) is 15.5. The Morgan fingerprint density at radius 1 is 1.58 bits per heavy atom. The summed E-state index contributed by atoms with van der Waals surface area (Å²) in [5, 5.41) is 11.4. The number of nitrogens with zero attached hydrogens (tertiary/aromatic N) is 1. The molecule has 0 saturated carbocycles. The van der Waals surface area contributed by atoms with Crippen LogP contribution >= 0.6 is 11.8 Å². The molecule has 1 heterocycles. The van der Waals surface area contributed by atoms with Crippen LogP contribution in [0.2, 0.25) is 0 Å². The molecule has 1 amide bonds. The molecule has 1 aliphatic rings. The number of anilines is 1. The summed E-state index contributed by atoms with van der Waals surface area (Å²) in [5.74, 6) is 0.0798. The number of hydrogen-bond acceptors (Lipinski definition) is 5. The van der Waals surface area contributed by atoms with Gasteiger partial charge in [0.25, 0.3) is 0 Å². The van der Waals surface area contributed by atoms with Crippen LogP contribution in [-0.4, -0.2) is 23.7 Å². The molecule has 19 heavy (non-hydrogen) atoms. The zero-order valence-electron chi connectivity index (χ0n) is 10.3. The molecule has 1 N–H and O–H groups in total. The lowest BCUT2D eigenvalue weighted by atomic mass is 10.2. The minimum absolute atomic E-state index is 0.0674. The molecular weight excluding hydrogens is 264 g/mol. The highest BCUT2D eigenvalue weighted by Crippen LogP contribution is 2.31. The maximum Gasteiger partial charge on any atom is 0.339 e. The van der Waals surface area contributed by atoms with E-state index in [0.717, 1.165) is 4.90 Å². The topological polar surface area (TPSA) is 79.2 Å². The molecule has 98 valence electrons. The van der Waals surface area contributed by atoms with Gasteiger partial charge >= 0.3 is 5.97 Å². The molecule has 1 aromatic carbocycles. The van der Waals surface area contributed by atoms with Crippen molar-refractivity contribution in [2.45, 2.75) is 24.3 Å².